The van der Waals surface area contributed by atoms with E-state index in [0.29, 0.717) is 6.10 Å². The molecule has 2 fully saturated rings. The molecule has 23 heavy (non-hydrogen) atoms. The van der Waals surface area contributed by atoms with Gasteiger partial charge in [-0.05, 0) is 44.9 Å². The lowest BCUT2D eigenvalue weighted by Crippen LogP contribution is -2.53. The zero-order chi connectivity index (χ0) is 15.9. The Kier molecular flexibility index (Phi) is 6.34. The maximum absolute atomic E-state index is 12.2. The number of hydrogen-bond acceptors (Lipinski definition) is 3. The summed E-state index contributed by atoms with van der Waals surface area (Å²) in [6.07, 6.45) is 11.3. The summed E-state index contributed by atoms with van der Waals surface area (Å²) in [7, 11) is 0. The summed E-state index contributed by atoms with van der Waals surface area (Å²) in [6.45, 7) is 6.34. The Morgan fingerprint density at radius 2 is 2.09 bits per heavy atom. The van der Waals surface area contributed by atoms with Crippen LogP contribution in [0.25, 0.3) is 0 Å². The molecule has 1 N–H and O–H groups in total. The maximum atomic E-state index is 12.2. The second-order valence-electron chi connectivity index (χ2n) is 7.01. The molecular formula is C18H31N3O2. The normalized spacial score (nSPS) is 26.2. The van der Waals surface area contributed by atoms with E-state index in [4.69, 9.17) is 4.74 Å². The molecule has 3 aliphatic rings. The molecule has 0 saturated carbocycles. The molecule has 3 rings (SSSR count). The molecule has 1 atom stereocenters. The van der Waals surface area contributed by atoms with Gasteiger partial charge in [0.25, 0.3) is 0 Å². The molecule has 130 valence electrons. The minimum absolute atomic E-state index is 0.109. The van der Waals surface area contributed by atoms with Gasteiger partial charge in [0.15, 0.2) is 0 Å². The lowest BCUT2D eigenvalue weighted by Gasteiger charge is -2.35. The lowest BCUT2D eigenvalue weighted by atomic mass is 9.97. The maximum Gasteiger partial charge on any atom is 0.317 e. The summed E-state index contributed by atoms with van der Waals surface area (Å²) in [5, 5.41) is 3.09. The van der Waals surface area contributed by atoms with E-state index < -0.39 is 0 Å². The number of ether oxygens (including phenoxy) is 1. The molecule has 0 bridgehead atoms. The van der Waals surface area contributed by atoms with Gasteiger partial charge in [-0.25, -0.2) is 4.79 Å². The van der Waals surface area contributed by atoms with E-state index in [0.717, 1.165) is 52.3 Å². The van der Waals surface area contributed by atoms with Crippen LogP contribution >= 0.6 is 0 Å². The van der Waals surface area contributed by atoms with Crippen LogP contribution in [0, 0.1) is 0 Å². The second-order valence-corrected chi connectivity index (χ2v) is 7.01. The van der Waals surface area contributed by atoms with Crippen LogP contribution in [0.4, 0.5) is 4.79 Å². The molecule has 0 spiro atoms. The SMILES string of the molecule is O=C(NCCC1=CCCCC1)N1CCN(CC2CCCO2)CC1. The number of nitrogens with one attached hydrogen (secondary N) is 1. The van der Waals surface area contributed by atoms with Crippen molar-refractivity contribution in [3.05, 3.63) is 11.6 Å². The molecule has 2 heterocycles. The van der Waals surface area contributed by atoms with Crippen molar-refractivity contribution in [3.8, 4) is 0 Å². The van der Waals surface area contributed by atoms with Crippen LogP contribution in [0.1, 0.15) is 44.9 Å². The van der Waals surface area contributed by atoms with E-state index in [-0.39, 0.29) is 6.03 Å². The number of carbonyl (C=O) groups excluding carboxylic acids is 1. The number of rotatable bonds is 5. The fourth-order valence-electron chi connectivity index (χ4n) is 3.78. The molecule has 2 aliphatic heterocycles. The quantitative estimate of drug-likeness (QED) is 0.791. The highest BCUT2D eigenvalue weighted by atomic mass is 16.5. The second kappa shape index (κ2) is 8.69. The average Bonchev–Trinajstić information content (AvgIpc) is 3.09. The van der Waals surface area contributed by atoms with Crippen molar-refractivity contribution < 1.29 is 9.53 Å². The largest absolute Gasteiger partial charge is 0.377 e. The van der Waals surface area contributed by atoms with Crippen LogP contribution in [0.2, 0.25) is 0 Å². The number of hydrogen-bond donors (Lipinski definition) is 1. The summed E-state index contributed by atoms with van der Waals surface area (Å²) in [5.74, 6) is 0. The van der Waals surface area contributed by atoms with Gasteiger partial charge < -0.3 is 15.0 Å². The van der Waals surface area contributed by atoms with E-state index in [1.807, 2.05) is 4.90 Å². The molecule has 0 aromatic carbocycles. The van der Waals surface area contributed by atoms with Crippen molar-refractivity contribution in [2.45, 2.75) is 51.0 Å². The highest BCUT2D eigenvalue weighted by Gasteiger charge is 2.24. The fourth-order valence-corrected chi connectivity index (χ4v) is 3.78. The van der Waals surface area contributed by atoms with E-state index in [2.05, 4.69) is 16.3 Å². The van der Waals surface area contributed by atoms with Gasteiger partial charge in [-0.1, -0.05) is 11.6 Å². The monoisotopic (exact) mass is 321 g/mol. The minimum atomic E-state index is 0.109. The third-order valence-electron chi connectivity index (χ3n) is 5.25. The molecule has 0 aromatic rings. The van der Waals surface area contributed by atoms with E-state index in [1.165, 1.54) is 44.1 Å². The smallest absolute Gasteiger partial charge is 0.317 e. The zero-order valence-corrected chi connectivity index (χ0v) is 14.3. The van der Waals surface area contributed by atoms with Gasteiger partial charge in [-0.3, -0.25) is 4.90 Å². The van der Waals surface area contributed by atoms with Crippen LogP contribution in [0.3, 0.4) is 0 Å². The first kappa shape index (κ1) is 16.8. The van der Waals surface area contributed by atoms with Crippen molar-refractivity contribution in [2.24, 2.45) is 0 Å². The Morgan fingerprint density at radius 3 is 2.78 bits per heavy atom. The Balaban J connectivity index is 1.30. The molecule has 0 aromatic heterocycles. The van der Waals surface area contributed by atoms with Gasteiger partial charge in [0, 0.05) is 45.9 Å². The molecular weight excluding hydrogens is 290 g/mol. The summed E-state index contributed by atoms with van der Waals surface area (Å²) in [5.41, 5.74) is 1.53. The third kappa shape index (κ3) is 5.21. The molecule has 2 amide bonds. The number of amides is 2. The highest BCUT2D eigenvalue weighted by molar-refractivity contribution is 5.74. The first-order valence-corrected chi connectivity index (χ1v) is 9.36. The Morgan fingerprint density at radius 1 is 1.22 bits per heavy atom. The summed E-state index contributed by atoms with van der Waals surface area (Å²) < 4.78 is 5.70. The summed E-state index contributed by atoms with van der Waals surface area (Å²) >= 11 is 0. The highest BCUT2D eigenvalue weighted by Crippen LogP contribution is 2.19. The summed E-state index contributed by atoms with van der Waals surface area (Å²) in [6, 6.07) is 0.109. The standard InChI is InChI=1S/C18H31N3O2/c22-18(19-9-8-16-5-2-1-3-6-16)21-12-10-20(11-13-21)15-17-7-4-14-23-17/h5,17H,1-4,6-15H2,(H,19,22). The van der Waals surface area contributed by atoms with Crippen LogP contribution in [0.5, 0.6) is 0 Å². The number of allylic oxidation sites excluding steroid dienone is 1. The molecule has 1 aliphatic carbocycles. The molecule has 2 saturated heterocycles. The van der Waals surface area contributed by atoms with Crippen LogP contribution in [0.15, 0.2) is 11.6 Å². The van der Waals surface area contributed by atoms with E-state index >= 15 is 0 Å². The first-order valence-electron chi connectivity index (χ1n) is 9.36. The van der Waals surface area contributed by atoms with Gasteiger partial charge in [-0.2, -0.15) is 0 Å². The van der Waals surface area contributed by atoms with Gasteiger partial charge in [0.2, 0.25) is 0 Å². The molecule has 5 heteroatoms. The zero-order valence-electron chi connectivity index (χ0n) is 14.3. The van der Waals surface area contributed by atoms with Gasteiger partial charge >= 0.3 is 6.03 Å². The average molecular weight is 321 g/mol. The topological polar surface area (TPSA) is 44.8 Å². The van der Waals surface area contributed by atoms with E-state index in [9.17, 15) is 4.79 Å². The van der Waals surface area contributed by atoms with Crippen molar-refractivity contribution in [2.75, 3.05) is 45.9 Å². The van der Waals surface area contributed by atoms with E-state index in [1.54, 1.807) is 0 Å². The predicted molar refractivity (Wildman–Crippen MR) is 91.6 cm³/mol. The predicted octanol–water partition coefficient (Wildman–Crippen LogP) is 2.38. The van der Waals surface area contributed by atoms with Gasteiger partial charge in [-0.15, -0.1) is 0 Å². The van der Waals surface area contributed by atoms with Crippen molar-refractivity contribution in [3.63, 3.8) is 0 Å². The number of piperazine rings is 1. The van der Waals surface area contributed by atoms with Crippen LogP contribution in [-0.4, -0.2) is 67.8 Å². The first-order chi connectivity index (χ1) is 11.3. The number of nitrogens with zero attached hydrogens (tertiary/aromatic N) is 2. The van der Waals surface area contributed by atoms with Crippen LogP contribution < -0.4 is 5.32 Å². The van der Waals surface area contributed by atoms with Gasteiger partial charge in [0.05, 0.1) is 6.10 Å². The Labute approximate surface area is 140 Å². The minimum Gasteiger partial charge on any atom is -0.377 e. The van der Waals surface area contributed by atoms with Crippen molar-refractivity contribution in [1.82, 2.24) is 15.1 Å². The number of urea groups is 1. The summed E-state index contributed by atoms with van der Waals surface area (Å²) in [4.78, 5) is 16.6. The van der Waals surface area contributed by atoms with Gasteiger partial charge in [0.1, 0.15) is 0 Å². The molecule has 1 unspecified atom stereocenters. The third-order valence-corrected chi connectivity index (χ3v) is 5.25. The Bertz CT molecular complexity index is 410. The molecule has 5 nitrogen and oxygen atoms in total. The lowest BCUT2D eigenvalue weighted by molar-refractivity contribution is 0.0561. The molecule has 0 radical (unpaired) electrons. The van der Waals surface area contributed by atoms with Crippen molar-refractivity contribution in [1.29, 1.82) is 0 Å². The number of carbonyl (C=O) groups is 1. The van der Waals surface area contributed by atoms with Crippen molar-refractivity contribution >= 4 is 6.03 Å². The fraction of sp³-hybridized carbons (Fsp3) is 0.833. The van der Waals surface area contributed by atoms with Crippen LogP contribution in [-0.2, 0) is 4.74 Å². The Hall–Kier alpha value is -1.07.